The Morgan fingerprint density at radius 2 is 1.91 bits per heavy atom. The number of carbonyl (C=O) groups excluding carboxylic acids is 1. The molecule has 1 fully saturated rings. The molecule has 3 aliphatic rings. The number of carbonyl (C=O) groups is 1. The summed E-state index contributed by atoms with van der Waals surface area (Å²) in [7, 11) is 0. The van der Waals surface area contributed by atoms with Crippen LogP contribution in [0.1, 0.15) is 33.5 Å². The number of rotatable bonds is 3. The third kappa shape index (κ3) is 3.59. The molecule has 0 bridgehead atoms. The monoisotopic (exact) mass is 465 g/mol. The molecular weight excluding hydrogens is 438 g/mol. The number of hydrogen-bond acceptors (Lipinski definition) is 8. The number of benzene rings is 1. The summed E-state index contributed by atoms with van der Waals surface area (Å²) in [5, 5.41) is 1.23. The summed E-state index contributed by atoms with van der Waals surface area (Å²) in [4.78, 5) is 32.0. The number of likely N-dealkylation sites (N-methyl/N-ethyl adjacent to an activating group) is 1. The molecule has 0 unspecified atom stereocenters. The molecule has 3 aliphatic heterocycles. The summed E-state index contributed by atoms with van der Waals surface area (Å²) in [6.07, 6.45) is 1.05. The Bertz CT molecular complexity index is 1230. The molecule has 1 amide bonds. The standard InChI is InChI=1S/C24H27N5O3S/c1-3-27-7-6-17-20(13-27)33-23-21(17)22(25-15(2)26-23)28-8-10-29(11-9-28)24(30)16-4-5-18-19(12-16)32-14-31-18/h4-5,12H,3,6-11,13-14H2,1-2H3. The fourth-order valence-electron chi connectivity index (χ4n) is 4.96. The Morgan fingerprint density at radius 3 is 2.73 bits per heavy atom. The van der Waals surface area contributed by atoms with Crippen molar-refractivity contribution in [2.75, 3.05) is 51.0 Å². The molecule has 33 heavy (non-hydrogen) atoms. The van der Waals surface area contributed by atoms with Crippen molar-refractivity contribution in [3.8, 4) is 11.5 Å². The lowest BCUT2D eigenvalue weighted by Gasteiger charge is -2.36. The van der Waals surface area contributed by atoms with Crippen LogP contribution in [-0.2, 0) is 13.0 Å². The van der Waals surface area contributed by atoms with Crippen molar-refractivity contribution in [2.24, 2.45) is 0 Å². The van der Waals surface area contributed by atoms with Crippen LogP contribution in [0.5, 0.6) is 11.5 Å². The lowest BCUT2D eigenvalue weighted by molar-refractivity contribution is 0.0746. The maximum absolute atomic E-state index is 13.1. The number of aryl methyl sites for hydroxylation is 1. The summed E-state index contributed by atoms with van der Waals surface area (Å²) in [5.74, 6) is 3.21. The average molecular weight is 466 g/mol. The van der Waals surface area contributed by atoms with Crippen molar-refractivity contribution in [3.05, 3.63) is 40.0 Å². The lowest BCUT2D eigenvalue weighted by atomic mass is 10.0. The lowest BCUT2D eigenvalue weighted by Crippen LogP contribution is -2.49. The fraction of sp³-hybridized carbons (Fsp3) is 0.458. The quantitative estimate of drug-likeness (QED) is 0.589. The molecule has 172 valence electrons. The zero-order valence-electron chi connectivity index (χ0n) is 19.0. The van der Waals surface area contributed by atoms with Gasteiger partial charge in [0.2, 0.25) is 6.79 Å². The molecular formula is C24H27N5O3S. The van der Waals surface area contributed by atoms with E-state index in [0.29, 0.717) is 30.2 Å². The van der Waals surface area contributed by atoms with Crippen LogP contribution < -0.4 is 14.4 Å². The number of ether oxygens (including phenoxy) is 2. The van der Waals surface area contributed by atoms with Crippen molar-refractivity contribution in [2.45, 2.75) is 26.8 Å². The normalized spacial score (nSPS) is 18.1. The summed E-state index contributed by atoms with van der Waals surface area (Å²) in [6.45, 7) is 10.4. The van der Waals surface area contributed by atoms with Gasteiger partial charge in [-0.2, -0.15) is 0 Å². The van der Waals surface area contributed by atoms with Gasteiger partial charge in [0.1, 0.15) is 16.5 Å². The first kappa shape index (κ1) is 20.7. The topological polar surface area (TPSA) is 71.0 Å². The van der Waals surface area contributed by atoms with E-state index in [1.54, 1.807) is 6.07 Å². The highest BCUT2D eigenvalue weighted by atomic mass is 32.1. The van der Waals surface area contributed by atoms with Crippen molar-refractivity contribution in [3.63, 3.8) is 0 Å². The molecule has 9 heteroatoms. The van der Waals surface area contributed by atoms with E-state index < -0.39 is 0 Å². The van der Waals surface area contributed by atoms with Crippen LogP contribution in [0.3, 0.4) is 0 Å². The number of fused-ring (bicyclic) bond motifs is 4. The molecule has 1 aromatic carbocycles. The molecule has 1 saturated heterocycles. The van der Waals surface area contributed by atoms with Crippen LogP contribution in [0.25, 0.3) is 10.2 Å². The van der Waals surface area contributed by atoms with Gasteiger partial charge in [0, 0.05) is 49.7 Å². The minimum Gasteiger partial charge on any atom is -0.454 e. The largest absolute Gasteiger partial charge is 0.454 e. The summed E-state index contributed by atoms with van der Waals surface area (Å²) in [5.41, 5.74) is 2.06. The van der Waals surface area contributed by atoms with E-state index in [1.165, 1.54) is 15.8 Å². The maximum atomic E-state index is 13.1. The van der Waals surface area contributed by atoms with Crippen LogP contribution in [0.4, 0.5) is 5.82 Å². The average Bonchev–Trinajstić information content (AvgIpc) is 3.46. The summed E-state index contributed by atoms with van der Waals surface area (Å²) >= 11 is 1.82. The van der Waals surface area contributed by atoms with E-state index in [0.717, 1.165) is 55.6 Å². The molecule has 3 aromatic rings. The minimum atomic E-state index is 0.0320. The highest BCUT2D eigenvalue weighted by Gasteiger charge is 2.29. The van der Waals surface area contributed by atoms with Gasteiger partial charge in [0.25, 0.3) is 5.91 Å². The molecule has 0 N–H and O–H groups in total. The van der Waals surface area contributed by atoms with E-state index in [-0.39, 0.29) is 12.7 Å². The van der Waals surface area contributed by atoms with Crippen molar-refractivity contribution < 1.29 is 14.3 Å². The van der Waals surface area contributed by atoms with Gasteiger partial charge in [-0.25, -0.2) is 9.97 Å². The highest BCUT2D eigenvalue weighted by molar-refractivity contribution is 7.19. The van der Waals surface area contributed by atoms with Crippen LogP contribution >= 0.6 is 11.3 Å². The van der Waals surface area contributed by atoms with Gasteiger partial charge in [0.15, 0.2) is 11.5 Å². The Balaban J connectivity index is 1.23. The fourth-order valence-corrected chi connectivity index (χ4v) is 6.27. The number of amides is 1. The number of hydrogen-bond donors (Lipinski definition) is 0. The number of thiophene rings is 1. The van der Waals surface area contributed by atoms with Gasteiger partial charge in [-0.3, -0.25) is 9.69 Å². The third-order valence-electron chi connectivity index (χ3n) is 6.81. The summed E-state index contributed by atoms with van der Waals surface area (Å²) < 4.78 is 10.8. The van der Waals surface area contributed by atoms with Crippen molar-refractivity contribution >= 4 is 33.3 Å². The summed E-state index contributed by atoms with van der Waals surface area (Å²) in [6, 6.07) is 5.41. The molecule has 0 saturated carbocycles. The minimum absolute atomic E-state index is 0.0320. The first-order valence-electron chi connectivity index (χ1n) is 11.6. The Morgan fingerprint density at radius 1 is 1.09 bits per heavy atom. The van der Waals surface area contributed by atoms with E-state index in [9.17, 15) is 4.79 Å². The number of piperazine rings is 1. The van der Waals surface area contributed by atoms with Crippen LogP contribution in [0.15, 0.2) is 18.2 Å². The molecule has 6 rings (SSSR count). The molecule has 0 spiro atoms. The van der Waals surface area contributed by atoms with E-state index in [4.69, 9.17) is 19.4 Å². The predicted molar refractivity (Wildman–Crippen MR) is 127 cm³/mol. The zero-order chi connectivity index (χ0) is 22.5. The van der Waals surface area contributed by atoms with Crippen LogP contribution in [0.2, 0.25) is 0 Å². The van der Waals surface area contributed by atoms with Gasteiger partial charge < -0.3 is 19.3 Å². The molecule has 8 nitrogen and oxygen atoms in total. The smallest absolute Gasteiger partial charge is 0.254 e. The number of aromatic nitrogens is 2. The molecule has 0 atom stereocenters. The second-order valence-electron chi connectivity index (χ2n) is 8.74. The molecule has 0 aliphatic carbocycles. The van der Waals surface area contributed by atoms with Crippen LogP contribution in [0, 0.1) is 6.92 Å². The highest BCUT2D eigenvalue weighted by Crippen LogP contribution is 2.39. The number of nitrogens with zero attached hydrogens (tertiary/aromatic N) is 5. The van der Waals surface area contributed by atoms with Gasteiger partial charge in [0.05, 0.1) is 5.39 Å². The van der Waals surface area contributed by atoms with Gasteiger partial charge in [-0.1, -0.05) is 6.92 Å². The van der Waals surface area contributed by atoms with Gasteiger partial charge >= 0.3 is 0 Å². The zero-order valence-corrected chi connectivity index (χ0v) is 19.8. The van der Waals surface area contributed by atoms with E-state index in [1.807, 2.05) is 35.3 Å². The molecule has 2 aromatic heterocycles. The first-order valence-corrected chi connectivity index (χ1v) is 12.4. The van der Waals surface area contributed by atoms with Crippen molar-refractivity contribution in [1.82, 2.24) is 19.8 Å². The first-order chi connectivity index (χ1) is 16.1. The predicted octanol–water partition coefficient (Wildman–Crippen LogP) is 3.07. The number of anilines is 1. The van der Waals surface area contributed by atoms with Gasteiger partial charge in [-0.05, 0) is 43.7 Å². The Hall–Kier alpha value is -2.91. The van der Waals surface area contributed by atoms with Crippen LogP contribution in [-0.4, -0.2) is 71.7 Å². The Labute approximate surface area is 196 Å². The second-order valence-corrected chi connectivity index (χ2v) is 9.83. The maximum Gasteiger partial charge on any atom is 0.254 e. The van der Waals surface area contributed by atoms with Gasteiger partial charge in [-0.15, -0.1) is 11.3 Å². The third-order valence-corrected chi connectivity index (χ3v) is 7.92. The van der Waals surface area contributed by atoms with E-state index >= 15 is 0 Å². The van der Waals surface area contributed by atoms with Crippen molar-refractivity contribution in [1.29, 1.82) is 0 Å². The second kappa shape index (κ2) is 8.14. The van der Waals surface area contributed by atoms with E-state index in [2.05, 4.69) is 16.7 Å². The Kier molecular flexibility index (Phi) is 5.10. The molecule has 0 radical (unpaired) electrons. The SMILES string of the molecule is CCN1CCc2c(sc3nc(C)nc(N4CCN(C(=O)c5ccc6c(c5)OCO6)CC4)c23)C1. The molecule has 5 heterocycles.